The first-order valence-electron chi connectivity index (χ1n) is 5.10. The van der Waals surface area contributed by atoms with E-state index in [2.05, 4.69) is 5.32 Å². The molecular formula is C11H12F2N2O. The van der Waals surface area contributed by atoms with Crippen molar-refractivity contribution in [2.45, 2.75) is 6.54 Å². The maximum atomic E-state index is 13.3. The molecule has 0 radical (unpaired) electrons. The highest BCUT2D eigenvalue weighted by molar-refractivity contribution is 5.79. The van der Waals surface area contributed by atoms with Gasteiger partial charge < -0.3 is 10.2 Å². The Balaban J connectivity index is 2.16. The number of hydrogen-bond acceptors (Lipinski definition) is 2. The van der Waals surface area contributed by atoms with E-state index in [1.54, 1.807) is 0 Å². The smallest absolute Gasteiger partial charge is 0.236 e. The summed E-state index contributed by atoms with van der Waals surface area (Å²) in [5.41, 5.74) is -0.0437. The second-order valence-electron chi connectivity index (χ2n) is 3.69. The SMILES string of the molecule is O=C1CNCCN1Cc1c(F)cccc1F. The zero-order valence-electron chi connectivity index (χ0n) is 8.67. The van der Waals surface area contributed by atoms with Gasteiger partial charge in [0.1, 0.15) is 11.6 Å². The molecule has 1 aliphatic heterocycles. The Morgan fingerprint density at radius 1 is 1.31 bits per heavy atom. The Morgan fingerprint density at radius 2 is 2.00 bits per heavy atom. The molecule has 3 nitrogen and oxygen atoms in total. The molecule has 0 spiro atoms. The summed E-state index contributed by atoms with van der Waals surface area (Å²) in [5, 5.41) is 2.90. The molecule has 16 heavy (non-hydrogen) atoms. The first-order chi connectivity index (χ1) is 7.68. The van der Waals surface area contributed by atoms with Gasteiger partial charge in [-0.3, -0.25) is 4.79 Å². The number of nitrogens with one attached hydrogen (secondary N) is 1. The molecule has 1 aromatic rings. The molecule has 2 rings (SSSR count). The first kappa shape index (κ1) is 11.0. The van der Waals surface area contributed by atoms with Crippen LogP contribution in [0.15, 0.2) is 18.2 Å². The molecule has 0 bridgehead atoms. The molecule has 1 heterocycles. The zero-order valence-corrected chi connectivity index (χ0v) is 8.67. The Hall–Kier alpha value is -1.49. The molecule has 0 aliphatic carbocycles. The van der Waals surface area contributed by atoms with Crippen LogP contribution in [-0.2, 0) is 11.3 Å². The van der Waals surface area contributed by atoms with E-state index in [9.17, 15) is 13.6 Å². The number of amides is 1. The quantitative estimate of drug-likeness (QED) is 0.812. The fourth-order valence-corrected chi connectivity index (χ4v) is 1.69. The first-order valence-corrected chi connectivity index (χ1v) is 5.10. The molecular weight excluding hydrogens is 214 g/mol. The van der Waals surface area contributed by atoms with E-state index in [4.69, 9.17) is 0 Å². The van der Waals surface area contributed by atoms with Gasteiger partial charge in [0.2, 0.25) is 5.91 Å². The second-order valence-corrected chi connectivity index (χ2v) is 3.69. The standard InChI is InChI=1S/C11H12F2N2O/c12-9-2-1-3-10(13)8(9)7-15-5-4-14-6-11(15)16/h1-3,14H,4-7H2. The van der Waals surface area contributed by atoms with Crippen molar-refractivity contribution in [1.29, 1.82) is 0 Å². The number of piperazine rings is 1. The Labute approximate surface area is 92.1 Å². The average Bonchev–Trinajstić information content (AvgIpc) is 2.26. The van der Waals surface area contributed by atoms with Crippen LogP contribution in [0.1, 0.15) is 5.56 Å². The number of nitrogens with zero attached hydrogens (tertiary/aromatic N) is 1. The lowest BCUT2D eigenvalue weighted by atomic mass is 10.1. The zero-order chi connectivity index (χ0) is 11.5. The maximum absolute atomic E-state index is 13.3. The molecule has 0 atom stereocenters. The minimum absolute atomic E-state index is 0.000972. The summed E-state index contributed by atoms with van der Waals surface area (Å²) in [7, 11) is 0. The number of carbonyl (C=O) groups is 1. The maximum Gasteiger partial charge on any atom is 0.236 e. The van der Waals surface area contributed by atoms with E-state index in [1.807, 2.05) is 0 Å². The fraction of sp³-hybridized carbons (Fsp3) is 0.364. The Morgan fingerprint density at radius 3 is 2.62 bits per heavy atom. The van der Waals surface area contributed by atoms with Crippen molar-refractivity contribution >= 4 is 5.91 Å². The van der Waals surface area contributed by atoms with Crippen LogP contribution in [0.3, 0.4) is 0 Å². The van der Waals surface area contributed by atoms with Gasteiger partial charge in [-0.2, -0.15) is 0 Å². The third-order valence-electron chi connectivity index (χ3n) is 2.60. The summed E-state index contributed by atoms with van der Waals surface area (Å²) in [5.74, 6) is -1.34. The van der Waals surface area contributed by atoms with Crippen LogP contribution < -0.4 is 5.32 Å². The van der Waals surface area contributed by atoms with Gasteiger partial charge in [0.25, 0.3) is 0 Å². The van der Waals surface area contributed by atoms with Crippen LogP contribution in [0, 0.1) is 11.6 Å². The van der Waals surface area contributed by atoms with E-state index in [1.165, 1.54) is 23.1 Å². The second kappa shape index (κ2) is 4.57. The molecule has 86 valence electrons. The number of rotatable bonds is 2. The van der Waals surface area contributed by atoms with Gasteiger partial charge in [0.15, 0.2) is 0 Å². The average molecular weight is 226 g/mol. The summed E-state index contributed by atoms with van der Waals surface area (Å²) in [6.45, 7) is 1.36. The lowest BCUT2D eigenvalue weighted by Gasteiger charge is -2.27. The molecule has 0 unspecified atom stereocenters. The van der Waals surface area contributed by atoms with E-state index in [0.29, 0.717) is 13.1 Å². The summed E-state index contributed by atoms with van der Waals surface area (Å²) in [6, 6.07) is 3.71. The van der Waals surface area contributed by atoms with Gasteiger partial charge in [-0.15, -0.1) is 0 Å². The lowest BCUT2D eigenvalue weighted by Crippen LogP contribution is -2.47. The van der Waals surface area contributed by atoms with Crippen molar-refractivity contribution in [3.05, 3.63) is 35.4 Å². The molecule has 5 heteroatoms. The number of carbonyl (C=O) groups excluding carboxylic acids is 1. The molecule has 1 amide bonds. The highest BCUT2D eigenvalue weighted by atomic mass is 19.1. The van der Waals surface area contributed by atoms with Crippen LogP contribution in [-0.4, -0.2) is 30.4 Å². The van der Waals surface area contributed by atoms with Crippen molar-refractivity contribution in [3.8, 4) is 0 Å². The highest BCUT2D eigenvalue weighted by Crippen LogP contribution is 2.15. The van der Waals surface area contributed by atoms with E-state index in [-0.39, 0.29) is 24.6 Å². The van der Waals surface area contributed by atoms with Crippen LogP contribution in [0.25, 0.3) is 0 Å². The van der Waals surface area contributed by atoms with E-state index < -0.39 is 11.6 Å². The number of hydrogen-bond donors (Lipinski definition) is 1. The summed E-state index contributed by atoms with van der Waals surface area (Å²) >= 11 is 0. The molecule has 1 saturated heterocycles. The highest BCUT2D eigenvalue weighted by Gasteiger charge is 2.20. The normalized spacial score (nSPS) is 16.6. The largest absolute Gasteiger partial charge is 0.336 e. The van der Waals surface area contributed by atoms with Gasteiger partial charge >= 0.3 is 0 Å². The molecule has 1 aliphatic rings. The third kappa shape index (κ3) is 2.19. The van der Waals surface area contributed by atoms with E-state index in [0.717, 1.165) is 0 Å². The monoisotopic (exact) mass is 226 g/mol. The summed E-state index contributed by atoms with van der Waals surface area (Å²) in [6.07, 6.45) is 0. The molecule has 1 aromatic carbocycles. The number of benzene rings is 1. The lowest BCUT2D eigenvalue weighted by molar-refractivity contribution is -0.132. The molecule has 1 fully saturated rings. The number of halogens is 2. The minimum atomic E-state index is -0.605. The van der Waals surface area contributed by atoms with Crippen LogP contribution in [0.2, 0.25) is 0 Å². The van der Waals surface area contributed by atoms with Gasteiger partial charge in [-0.05, 0) is 12.1 Å². The van der Waals surface area contributed by atoms with Crippen molar-refractivity contribution < 1.29 is 13.6 Å². The predicted octanol–water partition coefficient (Wildman–Crippen LogP) is 0.897. The van der Waals surface area contributed by atoms with Crippen LogP contribution in [0.5, 0.6) is 0 Å². The Bertz CT molecular complexity index is 389. The van der Waals surface area contributed by atoms with Crippen molar-refractivity contribution in [1.82, 2.24) is 10.2 Å². The molecule has 0 aromatic heterocycles. The molecule has 1 N–H and O–H groups in total. The molecule has 0 saturated carbocycles. The van der Waals surface area contributed by atoms with Crippen molar-refractivity contribution in [3.63, 3.8) is 0 Å². The Kier molecular flexibility index (Phi) is 3.14. The minimum Gasteiger partial charge on any atom is -0.336 e. The van der Waals surface area contributed by atoms with Gasteiger partial charge in [0.05, 0.1) is 13.1 Å². The van der Waals surface area contributed by atoms with Crippen molar-refractivity contribution in [2.75, 3.05) is 19.6 Å². The summed E-state index contributed by atoms with van der Waals surface area (Å²) in [4.78, 5) is 12.9. The van der Waals surface area contributed by atoms with Crippen LogP contribution >= 0.6 is 0 Å². The van der Waals surface area contributed by atoms with Crippen molar-refractivity contribution in [2.24, 2.45) is 0 Å². The van der Waals surface area contributed by atoms with Crippen LogP contribution in [0.4, 0.5) is 8.78 Å². The van der Waals surface area contributed by atoms with Gasteiger partial charge in [-0.25, -0.2) is 8.78 Å². The topological polar surface area (TPSA) is 32.3 Å². The predicted molar refractivity (Wildman–Crippen MR) is 54.6 cm³/mol. The fourth-order valence-electron chi connectivity index (χ4n) is 1.69. The third-order valence-corrected chi connectivity index (χ3v) is 2.60. The van der Waals surface area contributed by atoms with Gasteiger partial charge in [0, 0.05) is 18.7 Å². The van der Waals surface area contributed by atoms with Gasteiger partial charge in [-0.1, -0.05) is 6.07 Å². The van der Waals surface area contributed by atoms with E-state index >= 15 is 0 Å². The summed E-state index contributed by atoms with van der Waals surface area (Å²) < 4.78 is 26.7.